The van der Waals surface area contributed by atoms with Crippen molar-refractivity contribution in [3.05, 3.63) is 0 Å². The Morgan fingerprint density at radius 2 is 1.80 bits per heavy atom. The van der Waals surface area contributed by atoms with Crippen molar-refractivity contribution in [1.29, 1.82) is 0 Å². The van der Waals surface area contributed by atoms with Crippen molar-refractivity contribution in [3.63, 3.8) is 0 Å². The van der Waals surface area contributed by atoms with Crippen molar-refractivity contribution in [2.45, 2.75) is 12.5 Å². The van der Waals surface area contributed by atoms with Gasteiger partial charge in [-0.25, -0.2) is 0 Å². The summed E-state index contributed by atoms with van der Waals surface area (Å²) in [7, 11) is 0. The molecule has 4 N–H and O–H groups in total. The number of hydrogen-bond donors (Lipinski definition) is 3. The Kier molecular flexibility index (Phi) is 6.07. The summed E-state index contributed by atoms with van der Waals surface area (Å²) in [5.41, 5.74) is 4.84. The molecule has 10 heavy (non-hydrogen) atoms. The maximum Gasteiger partial charge on any atom is 0.321 e. The first-order valence-corrected chi connectivity index (χ1v) is 2.24. The van der Waals surface area contributed by atoms with Crippen LogP contribution in [-0.2, 0) is 9.59 Å². The van der Waals surface area contributed by atoms with Crippen LogP contribution in [0.25, 0.3) is 0 Å². The summed E-state index contributed by atoms with van der Waals surface area (Å²) >= 11 is 0. The van der Waals surface area contributed by atoms with Gasteiger partial charge >= 0.3 is 11.9 Å². The summed E-state index contributed by atoms with van der Waals surface area (Å²) in [4.78, 5) is 19.6. The van der Waals surface area contributed by atoms with E-state index in [1.807, 2.05) is 0 Å². The van der Waals surface area contributed by atoms with Gasteiger partial charge in [-0.3, -0.25) is 9.59 Å². The second-order valence-electron chi connectivity index (χ2n) is 1.54. The minimum absolute atomic E-state index is 0. The van der Waals surface area contributed by atoms with Gasteiger partial charge in [-0.05, 0) is 0 Å². The molecule has 0 saturated heterocycles. The number of rotatable bonds is 3. The number of carboxylic acids is 2. The molecule has 0 aliphatic carbocycles. The molecule has 6 heteroatoms. The van der Waals surface area contributed by atoms with Crippen LogP contribution in [0.15, 0.2) is 0 Å². The highest BCUT2D eigenvalue weighted by Gasteiger charge is 2.14. The molecule has 0 aromatic carbocycles. The summed E-state index contributed by atoms with van der Waals surface area (Å²) < 4.78 is 0. The fourth-order valence-electron chi connectivity index (χ4n) is 0.275. The van der Waals surface area contributed by atoms with Gasteiger partial charge < -0.3 is 15.9 Å². The van der Waals surface area contributed by atoms with Crippen LogP contribution < -0.4 is 5.73 Å². The Balaban J connectivity index is 0. The second-order valence-corrected chi connectivity index (χ2v) is 1.54. The number of aliphatic carboxylic acids is 2. The molecule has 0 aliphatic rings. The molecule has 5 nitrogen and oxygen atoms in total. The van der Waals surface area contributed by atoms with Gasteiger partial charge in [-0.15, -0.1) is 0 Å². The average molecular weight is 167 g/mol. The van der Waals surface area contributed by atoms with Crippen LogP contribution in [0.5, 0.6) is 0 Å². The van der Waals surface area contributed by atoms with Gasteiger partial charge in [0.2, 0.25) is 0 Å². The lowest BCUT2D eigenvalue weighted by atomic mass is 10.2. The van der Waals surface area contributed by atoms with Gasteiger partial charge in [0.05, 0.1) is 6.42 Å². The van der Waals surface area contributed by atoms with Crippen molar-refractivity contribution in [2.75, 3.05) is 0 Å². The lowest BCUT2D eigenvalue weighted by Gasteiger charge is -1.99. The predicted octanol–water partition coefficient (Wildman–Crippen LogP) is -1.01. The van der Waals surface area contributed by atoms with Crippen LogP contribution in [0.4, 0.5) is 0 Å². The zero-order valence-electron chi connectivity index (χ0n) is 5.07. The standard InChI is InChI=1S/C4H7NO4.H2S/c5-2(4(8)9)1-3(6)7;/h2H,1,5H2,(H,6,7)(H,8,9);1H2. The quantitative estimate of drug-likeness (QED) is 0.499. The topological polar surface area (TPSA) is 101 Å². The Hall–Kier alpha value is -0.750. The molecule has 0 aromatic rings. The van der Waals surface area contributed by atoms with Gasteiger partial charge in [-0.2, -0.15) is 13.5 Å². The van der Waals surface area contributed by atoms with Gasteiger partial charge in [0, 0.05) is 0 Å². The molecule has 0 rings (SSSR count). The van der Waals surface area contributed by atoms with Gasteiger partial charge in [-0.1, -0.05) is 0 Å². The molecular formula is C4H9NO4S. The monoisotopic (exact) mass is 167 g/mol. The third-order valence-electron chi connectivity index (χ3n) is 0.712. The van der Waals surface area contributed by atoms with E-state index in [0.717, 1.165) is 0 Å². The van der Waals surface area contributed by atoms with E-state index in [-0.39, 0.29) is 13.5 Å². The zero-order chi connectivity index (χ0) is 7.44. The summed E-state index contributed by atoms with van der Waals surface area (Å²) in [6.45, 7) is 0. The van der Waals surface area contributed by atoms with E-state index in [1.165, 1.54) is 0 Å². The minimum atomic E-state index is -1.29. The second kappa shape index (κ2) is 5.07. The van der Waals surface area contributed by atoms with E-state index in [2.05, 4.69) is 0 Å². The van der Waals surface area contributed by atoms with Crippen LogP contribution in [0.3, 0.4) is 0 Å². The molecule has 0 amide bonds. The fraction of sp³-hybridized carbons (Fsp3) is 0.500. The first kappa shape index (κ1) is 12.0. The minimum Gasteiger partial charge on any atom is -0.481 e. The number of carbonyl (C=O) groups is 2. The van der Waals surface area contributed by atoms with Crippen LogP contribution >= 0.6 is 13.5 Å². The predicted molar refractivity (Wildman–Crippen MR) is 38.2 cm³/mol. The zero-order valence-corrected chi connectivity index (χ0v) is 6.07. The summed E-state index contributed by atoms with van der Waals surface area (Å²) in [6, 6.07) is -1.29. The molecule has 60 valence electrons. The molecule has 0 aromatic heterocycles. The first-order chi connectivity index (χ1) is 4.04. The fourth-order valence-corrected chi connectivity index (χ4v) is 0.275. The van der Waals surface area contributed by atoms with Crippen molar-refractivity contribution < 1.29 is 19.8 Å². The Bertz CT molecular complexity index is 137. The Morgan fingerprint density at radius 3 is 1.90 bits per heavy atom. The third kappa shape index (κ3) is 5.39. The highest BCUT2D eigenvalue weighted by molar-refractivity contribution is 7.59. The summed E-state index contributed by atoms with van der Waals surface area (Å²) in [5.74, 6) is -2.50. The molecule has 0 radical (unpaired) electrons. The lowest BCUT2D eigenvalue weighted by Crippen LogP contribution is -2.32. The normalized spacial score (nSPS) is 11.3. The number of carboxylic acid groups (broad SMARTS) is 2. The van der Waals surface area contributed by atoms with Crippen LogP contribution in [0.1, 0.15) is 6.42 Å². The molecule has 1 unspecified atom stereocenters. The Labute approximate surface area is 64.3 Å². The highest BCUT2D eigenvalue weighted by atomic mass is 32.1. The van der Waals surface area contributed by atoms with E-state index in [9.17, 15) is 9.59 Å². The molecular weight excluding hydrogens is 158 g/mol. The van der Waals surface area contributed by atoms with E-state index in [0.29, 0.717) is 0 Å². The maximum absolute atomic E-state index is 9.85. The summed E-state index contributed by atoms with van der Waals surface area (Å²) in [6.07, 6.45) is -0.532. The molecule has 0 fully saturated rings. The molecule has 0 spiro atoms. The van der Waals surface area contributed by atoms with Crippen molar-refractivity contribution in [2.24, 2.45) is 5.73 Å². The van der Waals surface area contributed by atoms with E-state index < -0.39 is 24.4 Å². The first-order valence-electron chi connectivity index (χ1n) is 2.24. The highest BCUT2D eigenvalue weighted by Crippen LogP contribution is 1.86. The van der Waals surface area contributed by atoms with Crippen molar-refractivity contribution in [1.82, 2.24) is 0 Å². The molecule has 0 aliphatic heterocycles. The van der Waals surface area contributed by atoms with Crippen molar-refractivity contribution >= 4 is 25.4 Å². The SMILES string of the molecule is NC(CC(=O)O)C(=O)O.S. The molecule has 0 bridgehead atoms. The average Bonchev–Trinajstić information content (AvgIpc) is 1.63. The largest absolute Gasteiger partial charge is 0.481 e. The van der Waals surface area contributed by atoms with E-state index >= 15 is 0 Å². The van der Waals surface area contributed by atoms with Gasteiger partial charge in [0.25, 0.3) is 0 Å². The van der Waals surface area contributed by atoms with Crippen molar-refractivity contribution in [3.8, 4) is 0 Å². The van der Waals surface area contributed by atoms with E-state index in [1.54, 1.807) is 0 Å². The van der Waals surface area contributed by atoms with Crippen LogP contribution in [0.2, 0.25) is 0 Å². The smallest absolute Gasteiger partial charge is 0.321 e. The molecule has 0 heterocycles. The maximum atomic E-state index is 9.85. The van der Waals surface area contributed by atoms with E-state index in [4.69, 9.17) is 15.9 Å². The van der Waals surface area contributed by atoms with Crippen LogP contribution in [-0.4, -0.2) is 28.2 Å². The third-order valence-corrected chi connectivity index (χ3v) is 0.712. The Morgan fingerprint density at radius 1 is 1.40 bits per heavy atom. The number of nitrogens with two attached hydrogens (primary N) is 1. The van der Waals surface area contributed by atoms with Gasteiger partial charge in [0.1, 0.15) is 6.04 Å². The molecule has 0 saturated carbocycles. The van der Waals surface area contributed by atoms with Crippen LogP contribution in [0, 0.1) is 0 Å². The number of hydrogen-bond acceptors (Lipinski definition) is 3. The summed E-state index contributed by atoms with van der Waals surface area (Å²) in [5, 5.41) is 16.0. The van der Waals surface area contributed by atoms with Gasteiger partial charge in [0.15, 0.2) is 0 Å². The molecule has 1 atom stereocenters. The lowest BCUT2D eigenvalue weighted by molar-refractivity contribution is -0.144.